The van der Waals surface area contributed by atoms with Crippen LogP contribution in [0.2, 0.25) is 0 Å². The third-order valence-electron chi connectivity index (χ3n) is 5.22. The van der Waals surface area contributed by atoms with Gasteiger partial charge in [0.25, 0.3) is 5.91 Å². The van der Waals surface area contributed by atoms with Crippen molar-refractivity contribution < 1.29 is 19.1 Å². The summed E-state index contributed by atoms with van der Waals surface area (Å²) in [4.78, 5) is 31.8. The average Bonchev–Trinajstić information content (AvgIpc) is 3.17. The van der Waals surface area contributed by atoms with E-state index < -0.39 is 6.04 Å². The van der Waals surface area contributed by atoms with Gasteiger partial charge in [-0.15, -0.1) is 0 Å². The van der Waals surface area contributed by atoms with Crippen LogP contribution in [0.3, 0.4) is 0 Å². The van der Waals surface area contributed by atoms with Crippen LogP contribution in [-0.4, -0.2) is 59.2 Å². The van der Waals surface area contributed by atoms with Gasteiger partial charge in [0.15, 0.2) is 6.61 Å². The average molecular weight is 422 g/mol. The van der Waals surface area contributed by atoms with E-state index in [1.807, 2.05) is 54.0 Å². The number of rotatable bonds is 7. The van der Waals surface area contributed by atoms with E-state index in [0.29, 0.717) is 37.9 Å². The largest absolute Gasteiger partial charge is 0.484 e. The lowest BCUT2D eigenvalue weighted by Crippen LogP contribution is -2.42. The number of aromatic nitrogens is 2. The fourth-order valence-corrected chi connectivity index (χ4v) is 3.65. The molecule has 1 aliphatic rings. The topological polar surface area (TPSA) is 85.7 Å². The van der Waals surface area contributed by atoms with E-state index in [1.54, 1.807) is 17.0 Å². The summed E-state index contributed by atoms with van der Waals surface area (Å²) < 4.78 is 12.8. The second kappa shape index (κ2) is 9.61. The minimum absolute atomic E-state index is 0.0126. The highest BCUT2D eigenvalue weighted by Crippen LogP contribution is 2.21. The Balaban J connectivity index is 1.48. The molecular weight excluding hydrogens is 396 g/mol. The summed E-state index contributed by atoms with van der Waals surface area (Å²) in [7, 11) is 0. The lowest BCUT2D eigenvalue weighted by molar-refractivity contribution is -0.135. The molecule has 0 saturated carbocycles. The molecule has 1 fully saturated rings. The first-order valence-electron chi connectivity index (χ1n) is 10.4. The minimum Gasteiger partial charge on any atom is -0.484 e. The zero-order valence-corrected chi connectivity index (χ0v) is 17.5. The standard InChI is InChI=1S/C23H26N4O4/c1-17(24-21(28)16-31-18-7-3-2-4-8-18)23-25-19-9-5-6-10-20(19)27(23)15-22(29)26-11-13-30-14-12-26/h2-10,17H,11-16H2,1H3,(H,24,28). The molecular formula is C23H26N4O4. The third kappa shape index (κ3) is 5.03. The van der Waals surface area contributed by atoms with Crippen molar-refractivity contribution in [2.75, 3.05) is 32.9 Å². The van der Waals surface area contributed by atoms with Crippen LogP contribution in [0.4, 0.5) is 0 Å². The van der Waals surface area contributed by atoms with Crippen LogP contribution in [0.25, 0.3) is 11.0 Å². The van der Waals surface area contributed by atoms with E-state index >= 15 is 0 Å². The van der Waals surface area contributed by atoms with Gasteiger partial charge in [-0.3, -0.25) is 9.59 Å². The fourth-order valence-electron chi connectivity index (χ4n) is 3.65. The Hall–Kier alpha value is -3.39. The molecule has 0 bridgehead atoms. The Kier molecular flexibility index (Phi) is 6.47. The van der Waals surface area contributed by atoms with Gasteiger partial charge >= 0.3 is 0 Å². The summed E-state index contributed by atoms with van der Waals surface area (Å²) in [5.41, 5.74) is 1.65. The minimum atomic E-state index is -0.392. The Morgan fingerprint density at radius 2 is 1.81 bits per heavy atom. The molecule has 2 amide bonds. The first-order chi connectivity index (χ1) is 15.1. The molecule has 1 aromatic heterocycles. The Labute approximate surface area is 180 Å². The molecule has 1 unspecified atom stereocenters. The number of imidazole rings is 1. The maximum absolute atomic E-state index is 12.9. The van der Waals surface area contributed by atoms with E-state index in [-0.39, 0.29) is 25.0 Å². The number of morpholine rings is 1. The number of para-hydroxylation sites is 3. The maximum Gasteiger partial charge on any atom is 0.258 e. The molecule has 1 saturated heterocycles. The third-order valence-corrected chi connectivity index (χ3v) is 5.22. The number of carbonyl (C=O) groups is 2. The smallest absolute Gasteiger partial charge is 0.258 e. The number of fused-ring (bicyclic) bond motifs is 1. The van der Waals surface area contributed by atoms with Gasteiger partial charge in [-0.2, -0.15) is 0 Å². The first kappa shape index (κ1) is 20.9. The van der Waals surface area contributed by atoms with Gasteiger partial charge in [0.05, 0.1) is 30.3 Å². The van der Waals surface area contributed by atoms with Crippen LogP contribution in [0.1, 0.15) is 18.8 Å². The van der Waals surface area contributed by atoms with E-state index in [4.69, 9.17) is 14.5 Å². The summed E-state index contributed by atoms with van der Waals surface area (Å²) in [5, 5.41) is 2.93. The van der Waals surface area contributed by atoms with Crippen LogP contribution in [0.15, 0.2) is 54.6 Å². The quantitative estimate of drug-likeness (QED) is 0.631. The van der Waals surface area contributed by atoms with Crippen LogP contribution < -0.4 is 10.1 Å². The molecule has 1 N–H and O–H groups in total. The van der Waals surface area contributed by atoms with Crippen LogP contribution >= 0.6 is 0 Å². The van der Waals surface area contributed by atoms with Crippen LogP contribution in [0.5, 0.6) is 5.75 Å². The first-order valence-corrected chi connectivity index (χ1v) is 10.4. The van der Waals surface area contributed by atoms with Crippen molar-refractivity contribution in [1.82, 2.24) is 19.8 Å². The molecule has 2 aromatic carbocycles. The van der Waals surface area contributed by atoms with Crippen molar-refractivity contribution in [3.05, 3.63) is 60.4 Å². The number of carbonyl (C=O) groups excluding carboxylic acids is 2. The van der Waals surface area contributed by atoms with Crippen LogP contribution in [0, 0.1) is 0 Å². The molecule has 0 spiro atoms. The fraction of sp³-hybridized carbons (Fsp3) is 0.348. The SMILES string of the molecule is CC(NC(=O)COc1ccccc1)c1nc2ccccc2n1CC(=O)N1CCOCC1. The molecule has 1 aliphatic heterocycles. The van der Waals surface area contributed by atoms with E-state index in [0.717, 1.165) is 11.0 Å². The van der Waals surface area contributed by atoms with Gasteiger partial charge in [0, 0.05) is 13.1 Å². The van der Waals surface area contributed by atoms with Crippen LogP contribution in [-0.2, 0) is 20.9 Å². The van der Waals surface area contributed by atoms with Gasteiger partial charge < -0.3 is 24.3 Å². The Morgan fingerprint density at radius 3 is 2.58 bits per heavy atom. The summed E-state index contributed by atoms with van der Waals surface area (Å²) in [5.74, 6) is 1.03. The van der Waals surface area contributed by atoms with Crippen molar-refractivity contribution in [3.63, 3.8) is 0 Å². The molecule has 0 radical (unpaired) electrons. The predicted octanol–water partition coefficient (Wildman–Crippen LogP) is 2.15. The lowest BCUT2D eigenvalue weighted by atomic mass is 10.3. The van der Waals surface area contributed by atoms with Crippen molar-refractivity contribution >= 4 is 22.8 Å². The summed E-state index contributed by atoms with van der Waals surface area (Å²) >= 11 is 0. The van der Waals surface area contributed by atoms with E-state index in [2.05, 4.69) is 5.32 Å². The number of hydrogen-bond acceptors (Lipinski definition) is 5. The van der Waals surface area contributed by atoms with Gasteiger partial charge in [0.2, 0.25) is 5.91 Å². The lowest BCUT2D eigenvalue weighted by Gasteiger charge is -2.27. The molecule has 31 heavy (non-hydrogen) atoms. The predicted molar refractivity (Wildman–Crippen MR) is 116 cm³/mol. The van der Waals surface area contributed by atoms with Crippen molar-refractivity contribution in [2.45, 2.75) is 19.5 Å². The number of benzene rings is 2. The summed E-state index contributed by atoms with van der Waals surface area (Å²) in [6, 6.07) is 16.5. The molecule has 2 heterocycles. The van der Waals surface area contributed by atoms with Gasteiger partial charge in [-0.25, -0.2) is 4.98 Å². The van der Waals surface area contributed by atoms with Gasteiger partial charge in [0.1, 0.15) is 18.1 Å². The highest BCUT2D eigenvalue weighted by Gasteiger charge is 2.23. The molecule has 8 heteroatoms. The molecule has 4 rings (SSSR count). The number of nitrogens with one attached hydrogen (secondary N) is 1. The Bertz CT molecular complexity index is 1040. The monoisotopic (exact) mass is 422 g/mol. The number of hydrogen-bond donors (Lipinski definition) is 1. The highest BCUT2D eigenvalue weighted by atomic mass is 16.5. The molecule has 0 aliphatic carbocycles. The number of nitrogens with zero attached hydrogens (tertiary/aromatic N) is 3. The molecule has 162 valence electrons. The maximum atomic E-state index is 12.9. The second-order valence-corrected chi connectivity index (χ2v) is 7.43. The molecule has 1 atom stereocenters. The van der Waals surface area contributed by atoms with Gasteiger partial charge in [-0.1, -0.05) is 30.3 Å². The van der Waals surface area contributed by atoms with Gasteiger partial charge in [-0.05, 0) is 31.2 Å². The zero-order valence-electron chi connectivity index (χ0n) is 17.5. The zero-order chi connectivity index (χ0) is 21.6. The van der Waals surface area contributed by atoms with E-state index in [9.17, 15) is 9.59 Å². The van der Waals surface area contributed by atoms with Crippen molar-refractivity contribution in [2.24, 2.45) is 0 Å². The van der Waals surface area contributed by atoms with Crippen molar-refractivity contribution in [1.29, 1.82) is 0 Å². The normalized spacial score (nSPS) is 14.9. The number of ether oxygens (including phenoxy) is 2. The number of amides is 2. The summed E-state index contributed by atoms with van der Waals surface area (Å²) in [6.07, 6.45) is 0. The summed E-state index contributed by atoms with van der Waals surface area (Å²) in [6.45, 7) is 4.21. The van der Waals surface area contributed by atoms with Crippen molar-refractivity contribution in [3.8, 4) is 5.75 Å². The van der Waals surface area contributed by atoms with E-state index in [1.165, 1.54) is 0 Å². The second-order valence-electron chi connectivity index (χ2n) is 7.43. The molecule has 3 aromatic rings. The highest BCUT2D eigenvalue weighted by molar-refractivity contribution is 5.82. The molecule has 8 nitrogen and oxygen atoms in total. The Morgan fingerprint density at radius 1 is 1.10 bits per heavy atom.